The summed E-state index contributed by atoms with van der Waals surface area (Å²) in [5.74, 6) is -4.20. The first kappa shape index (κ1) is 14.3. The van der Waals surface area contributed by atoms with Crippen LogP contribution in [0.2, 0.25) is 0 Å². The van der Waals surface area contributed by atoms with Gasteiger partial charge in [0.15, 0.2) is 0 Å². The maximum atomic E-state index is 10.6. The summed E-state index contributed by atoms with van der Waals surface area (Å²) in [6, 6.07) is 2.81. The second kappa shape index (κ2) is 5.37. The van der Waals surface area contributed by atoms with Crippen LogP contribution in [0.1, 0.15) is 31.1 Å². The quantitative estimate of drug-likeness (QED) is 0.703. The smallest absolute Gasteiger partial charge is 0.336 e. The molecule has 0 unspecified atom stereocenters. The van der Waals surface area contributed by atoms with E-state index in [9.17, 15) is 14.4 Å². The Kier molecular flexibility index (Phi) is 4.78. The Labute approximate surface area is 102 Å². The molecule has 0 saturated carbocycles. The maximum Gasteiger partial charge on any atom is 0.336 e. The Morgan fingerprint density at radius 3 is 1.69 bits per heavy atom. The fourth-order valence-corrected chi connectivity index (χ4v) is 1.04. The molecule has 16 heavy (non-hydrogen) atoms. The molecule has 0 aliphatic heterocycles. The molecule has 0 heterocycles. The molecule has 0 bridgehead atoms. The third-order valence-corrected chi connectivity index (χ3v) is 1.73. The molecule has 0 aliphatic rings. The van der Waals surface area contributed by atoms with Gasteiger partial charge in [-0.05, 0) is 18.2 Å². The summed E-state index contributed by atoms with van der Waals surface area (Å²) < 4.78 is 0. The standard InChI is InChI=1S/C9H6O6.Zn/c10-7(11)4-1-2-5(8(12)13)6(3-4)9(14)15;/h1-3H,(H,10,11)(H,12,13)(H,14,15);. The van der Waals surface area contributed by atoms with Crippen molar-refractivity contribution in [2.24, 2.45) is 0 Å². The summed E-state index contributed by atoms with van der Waals surface area (Å²) >= 11 is 0. The number of rotatable bonds is 3. The van der Waals surface area contributed by atoms with Gasteiger partial charge in [-0.2, -0.15) is 0 Å². The monoisotopic (exact) mass is 274 g/mol. The van der Waals surface area contributed by atoms with Crippen LogP contribution in [0.4, 0.5) is 0 Å². The normalized spacial score (nSPS) is 9.00. The molecule has 80 valence electrons. The van der Waals surface area contributed by atoms with Crippen molar-refractivity contribution in [3.8, 4) is 0 Å². The van der Waals surface area contributed by atoms with Crippen molar-refractivity contribution < 1.29 is 49.2 Å². The molecule has 3 N–H and O–H groups in total. The van der Waals surface area contributed by atoms with Crippen LogP contribution in [-0.4, -0.2) is 33.2 Å². The molecule has 0 aliphatic carbocycles. The van der Waals surface area contributed by atoms with Crippen molar-refractivity contribution >= 4 is 17.9 Å². The van der Waals surface area contributed by atoms with Crippen LogP contribution in [0, 0.1) is 0 Å². The van der Waals surface area contributed by atoms with E-state index in [0.717, 1.165) is 18.2 Å². The van der Waals surface area contributed by atoms with Gasteiger partial charge in [-0.25, -0.2) is 14.4 Å². The first-order chi connectivity index (χ1) is 6.93. The number of hydrogen-bond donors (Lipinski definition) is 3. The summed E-state index contributed by atoms with van der Waals surface area (Å²) in [6.07, 6.45) is 0. The molecule has 0 radical (unpaired) electrons. The maximum absolute atomic E-state index is 10.6. The summed E-state index contributed by atoms with van der Waals surface area (Å²) in [7, 11) is 0. The van der Waals surface area contributed by atoms with Crippen LogP contribution in [-0.2, 0) is 19.5 Å². The van der Waals surface area contributed by atoms with Gasteiger partial charge in [0.1, 0.15) is 0 Å². The summed E-state index contributed by atoms with van der Waals surface area (Å²) in [4.78, 5) is 31.8. The first-order valence-corrected chi connectivity index (χ1v) is 3.77. The molecule has 0 spiro atoms. The van der Waals surface area contributed by atoms with Crippen LogP contribution in [0.5, 0.6) is 0 Å². The zero-order valence-corrected chi connectivity index (χ0v) is 11.0. The molecule has 0 aromatic heterocycles. The second-order valence-electron chi connectivity index (χ2n) is 2.68. The number of aromatic carboxylic acids is 3. The molecule has 1 rings (SSSR count). The van der Waals surface area contributed by atoms with E-state index < -0.39 is 29.0 Å². The average Bonchev–Trinajstić information content (AvgIpc) is 2.16. The Morgan fingerprint density at radius 1 is 0.812 bits per heavy atom. The second-order valence-corrected chi connectivity index (χ2v) is 2.68. The number of carboxylic acid groups (broad SMARTS) is 3. The molecule has 0 amide bonds. The van der Waals surface area contributed by atoms with Crippen molar-refractivity contribution in [2.45, 2.75) is 0 Å². The topological polar surface area (TPSA) is 112 Å². The van der Waals surface area contributed by atoms with Gasteiger partial charge in [0.25, 0.3) is 0 Å². The molecule has 0 saturated heterocycles. The Bertz CT molecular complexity index is 453. The van der Waals surface area contributed by atoms with Crippen molar-refractivity contribution in [1.29, 1.82) is 0 Å². The van der Waals surface area contributed by atoms with Gasteiger partial charge in [-0.3, -0.25) is 0 Å². The van der Waals surface area contributed by atoms with Crippen LogP contribution >= 0.6 is 0 Å². The van der Waals surface area contributed by atoms with Crippen molar-refractivity contribution in [3.05, 3.63) is 34.9 Å². The minimum absolute atomic E-state index is 0. The largest absolute Gasteiger partial charge is 0.478 e. The predicted molar refractivity (Wildman–Crippen MR) is 47.3 cm³/mol. The number of carboxylic acids is 3. The third kappa shape index (κ3) is 2.87. The molecular formula is C9H6O6Zn. The van der Waals surface area contributed by atoms with E-state index in [2.05, 4.69) is 0 Å². The van der Waals surface area contributed by atoms with E-state index in [1.54, 1.807) is 0 Å². The van der Waals surface area contributed by atoms with E-state index in [4.69, 9.17) is 15.3 Å². The van der Waals surface area contributed by atoms with Crippen LogP contribution < -0.4 is 0 Å². The number of hydrogen-bond acceptors (Lipinski definition) is 3. The van der Waals surface area contributed by atoms with Crippen molar-refractivity contribution in [2.75, 3.05) is 0 Å². The van der Waals surface area contributed by atoms with Crippen molar-refractivity contribution in [1.82, 2.24) is 0 Å². The van der Waals surface area contributed by atoms with Gasteiger partial charge in [-0.15, -0.1) is 0 Å². The predicted octanol–water partition coefficient (Wildman–Crippen LogP) is 0.779. The van der Waals surface area contributed by atoms with Gasteiger partial charge in [0.2, 0.25) is 0 Å². The molecule has 7 heteroatoms. The summed E-state index contributed by atoms with van der Waals surface area (Å²) in [5.41, 5.74) is -1.24. The fourth-order valence-electron chi connectivity index (χ4n) is 1.04. The van der Waals surface area contributed by atoms with E-state index in [0.29, 0.717) is 0 Å². The molecular weight excluding hydrogens is 269 g/mol. The van der Waals surface area contributed by atoms with Crippen LogP contribution in [0.3, 0.4) is 0 Å². The zero-order valence-electron chi connectivity index (χ0n) is 8.01. The molecule has 1 aromatic rings. The average molecular weight is 276 g/mol. The van der Waals surface area contributed by atoms with Gasteiger partial charge in [-0.1, -0.05) is 0 Å². The number of carbonyl (C=O) groups is 3. The van der Waals surface area contributed by atoms with E-state index in [-0.39, 0.29) is 25.0 Å². The Hall–Kier alpha value is -1.75. The van der Waals surface area contributed by atoms with Crippen LogP contribution in [0.25, 0.3) is 0 Å². The molecule has 1 aromatic carbocycles. The van der Waals surface area contributed by atoms with Crippen molar-refractivity contribution in [3.63, 3.8) is 0 Å². The summed E-state index contributed by atoms with van der Waals surface area (Å²) in [6.45, 7) is 0. The van der Waals surface area contributed by atoms with E-state index in [1.807, 2.05) is 0 Å². The first-order valence-electron chi connectivity index (χ1n) is 3.77. The SMILES string of the molecule is O=C(O)c1ccc(C(=O)O)c(C(=O)O)c1.[Zn]. The van der Waals surface area contributed by atoms with Gasteiger partial charge in [0.05, 0.1) is 16.7 Å². The van der Waals surface area contributed by atoms with Gasteiger partial charge < -0.3 is 15.3 Å². The van der Waals surface area contributed by atoms with Gasteiger partial charge >= 0.3 is 17.9 Å². The number of benzene rings is 1. The summed E-state index contributed by atoms with van der Waals surface area (Å²) in [5, 5.41) is 25.9. The minimum Gasteiger partial charge on any atom is -0.478 e. The Morgan fingerprint density at radius 2 is 1.31 bits per heavy atom. The third-order valence-electron chi connectivity index (χ3n) is 1.73. The zero-order chi connectivity index (χ0) is 11.6. The van der Waals surface area contributed by atoms with Gasteiger partial charge in [0, 0.05) is 19.5 Å². The van der Waals surface area contributed by atoms with E-state index in [1.165, 1.54) is 0 Å². The minimum atomic E-state index is -1.48. The van der Waals surface area contributed by atoms with Crippen LogP contribution in [0.15, 0.2) is 18.2 Å². The fraction of sp³-hybridized carbons (Fsp3) is 0. The molecule has 0 fully saturated rings. The molecule has 0 atom stereocenters. The van der Waals surface area contributed by atoms with E-state index >= 15 is 0 Å². The Balaban J connectivity index is 0.00000225. The molecule has 6 nitrogen and oxygen atoms in total.